The Morgan fingerprint density at radius 1 is 0.955 bits per heavy atom. The molecule has 0 radical (unpaired) electrons. The summed E-state index contributed by atoms with van der Waals surface area (Å²) in [7, 11) is 4.32. The van der Waals surface area contributed by atoms with Gasteiger partial charge in [-0.3, -0.25) is 0 Å². The van der Waals surface area contributed by atoms with E-state index in [1.54, 1.807) is 0 Å². The Morgan fingerprint density at radius 3 is 1.95 bits per heavy atom. The van der Waals surface area contributed by atoms with E-state index >= 15 is 0 Å². The third kappa shape index (κ3) is 5.73. The van der Waals surface area contributed by atoms with Gasteiger partial charge < -0.3 is 10.0 Å². The Kier molecular flexibility index (Phi) is 7.41. The molecule has 2 saturated carbocycles. The summed E-state index contributed by atoms with van der Waals surface area (Å²) in [5.74, 6) is 0.487. The molecular formula is C20H33NO. The van der Waals surface area contributed by atoms with Gasteiger partial charge in [-0.25, -0.2) is 0 Å². The molecule has 0 bridgehead atoms. The molecule has 2 aliphatic rings. The summed E-state index contributed by atoms with van der Waals surface area (Å²) in [6.07, 6.45) is 11.4. The van der Waals surface area contributed by atoms with Crippen molar-refractivity contribution in [1.82, 2.24) is 4.90 Å². The second-order valence-electron chi connectivity index (χ2n) is 7.20. The highest BCUT2D eigenvalue weighted by molar-refractivity contribution is 5.15. The monoisotopic (exact) mass is 303 g/mol. The maximum Gasteiger partial charge on any atom is 0.0608 e. The van der Waals surface area contributed by atoms with E-state index in [-0.39, 0.29) is 6.10 Å². The first-order chi connectivity index (χ1) is 10.7. The SMILES string of the molecule is C1CCC1.CN(C)C1CCC(C(O)Cc2ccccc2)CC1. The van der Waals surface area contributed by atoms with Crippen molar-refractivity contribution in [2.75, 3.05) is 14.1 Å². The Balaban J connectivity index is 0.000000381. The first-order valence-electron chi connectivity index (χ1n) is 9.05. The van der Waals surface area contributed by atoms with Gasteiger partial charge in [0.1, 0.15) is 0 Å². The number of benzene rings is 1. The van der Waals surface area contributed by atoms with E-state index < -0.39 is 0 Å². The van der Waals surface area contributed by atoms with Crippen LogP contribution in [0.25, 0.3) is 0 Å². The third-order valence-electron chi connectivity index (χ3n) is 5.30. The quantitative estimate of drug-likeness (QED) is 0.898. The average Bonchev–Trinajstić information content (AvgIpc) is 2.46. The second kappa shape index (κ2) is 9.32. The second-order valence-corrected chi connectivity index (χ2v) is 7.20. The lowest BCUT2D eigenvalue weighted by Crippen LogP contribution is -2.35. The zero-order valence-corrected chi connectivity index (χ0v) is 14.4. The third-order valence-corrected chi connectivity index (χ3v) is 5.30. The van der Waals surface area contributed by atoms with Gasteiger partial charge >= 0.3 is 0 Å². The molecule has 0 heterocycles. The first kappa shape index (κ1) is 17.5. The molecule has 1 N–H and O–H groups in total. The van der Waals surface area contributed by atoms with Crippen molar-refractivity contribution in [1.29, 1.82) is 0 Å². The molecule has 1 aromatic carbocycles. The van der Waals surface area contributed by atoms with Crippen molar-refractivity contribution >= 4 is 0 Å². The fraction of sp³-hybridized carbons (Fsp3) is 0.700. The predicted octanol–water partition coefficient (Wildman–Crippen LogP) is 4.27. The standard InChI is InChI=1S/C16H25NO.C4H8/c1-17(2)15-10-8-14(9-11-15)16(18)12-13-6-4-3-5-7-13;1-2-4-3-1/h3-7,14-16,18H,8-12H2,1-2H3;1-4H2. The minimum atomic E-state index is -0.171. The van der Waals surface area contributed by atoms with Crippen LogP contribution in [0, 0.1) is 5.92 Å². The smallest absolute Gasteiger partial charge is 0.0608 e. The van der Waals surface area contributed by atoms with E-state index in [2.05, 4.69) is 31.1 Å². The maximum absolute atomic E-state index is 10.3. The summed E-state index contributed by atoms with van der Waals surface area (Å²) in [4.78, 5) is 2.32. The van der Waals surface area contributed by atoms with Gasteiger partial charge in [0.05, 0.1) is 6.10 Å². The molecule has 2 nitrogen and oxygen atoms in total. The fourth-order valence-electron chi connectivity index (χ4n) is 3.28. The maximum atomic E-state index is 10.3. The average molecular weight is 303 g/mol. The molecule has 0 aromatic heterocycles. The molecule has 0 saturated heterocycles. The van der Waals surface area contributed by atoms with Crippen molar-refractivity contribution in [3.8, 4) is 0 Å². The summed E-state index contributed by atoms with van der Waals surface area (Å²) in [6, 6.07) is 11.0. The van der Waals surface area contributed by atoms with Crippen LogP contribution in [0.4, 0.5) is 0 Å². The van der Waals surface area contributed by atoms with Crippen LogP contribution in [0.2, 0.25) is 0 Å². The van der Waals surface area contributed by atoms with Crippen LogP contribution in [-0.2, 0) is 6.42 Å². The van der Waals surface area contributed by atoms with E-state index in [0.29, 0.717) is 12.0 Å². The number of aliphatic hydroxyl groups is 1. The van der Waals surface area contributed by atoms with Gasteiger partial charge in [0.15, 0.2) is 0 Å². The summed E-state index contributed by atoms with van der Waals surface area (Å²) >= 11 is 0. The summed E-state index contributed by atoms with van der Waals surface area (Å²) in [5, 5.41) is 10.3. The van der Waals surface area contributed by atoms with Crippen LogP contribution in [0.15, 0.2) is 30.3 Å². The lowest BCUT2D eigenvalue weighted by molar-refractivity contribution is 0.0662. The summed E-state index contributed by atoms with van der Waals surface area (Å²) in [5.41, 5.74) is 1.25. The molecular weight excluding hydrogens is 270 g/mol. The lowest BCUT2D eigenvalue weighted by Gasteiger charge is -2.34. The largest absolute Gasteiger partial charge is 0.392 e. The number of hydrogen-bond donors (Lipinski definition) is 1. The van der Waals surface area contributed by atoms with E-state index in [4.69, 9.17) is 0 Å². The molecule has 1 atom stereocenters. The van der Waals surface area contributed by atoms with Gasteiger partial charge in [-0.1, -0.05) is 56.0 Å². The molecule has 22 heavy (non-hydrogen) atoms. The first-order valence-corrected chi connectivity index (χ1v) is 9.05. The highest BCUT2D eigenvalue weighted by Gasteiger charge is 2.27. The molecule has 2 fully saturated rings. The molecule has 124 valence electrons. The molecule has 0 spiro atoms. The van der Waals surface area contributed by atoms with Gasteiger partial charge in [-0.15, -0.1) is 0 Å². The topological polar surface area (TPSA) is 23.5 Å². The van der Waals surface area contributed by atoms with Crippen molar-refractivity contribution in [3.63, 3.8) is 0 Å². The number of nitrogens with zero attached hydrogens (tertiary/aromatic N) is 1. The molecule has 0 amide bonds. The van der Waals surface area contributed by atoms with Crippen molar-refractivity contribution < 1.29 is 5.11 Å². The molecule has 2 heteroatoms. The van der Waals surface area contributed by atoms with Gasteiger partial charge in [-0.2, -0.15) is 0 Å². The zero-order valence-electron chi connectivity index (χ0n) is 14.4. The van der Waals surface area contributed by atoms with Crippen molar-refractivity contribution in [3.05, 3.63) is 35.9 Å². The van der Waals surface area contributed by atoms with E-state index in [0.717, 1.165) is 19.3 Å². The van der Waals surface area contributed by atoms with Gasteiger partial charge in [-0.05, 0) is 57.7 Å². The molecule has 2 aliphatic carbocycles. The number of rotatable bonds is 4. The highest BCUT2D eigenvalue weighted by atomic mass is 16.3. The van der Waals surface area contributed by atoms with Crippen molar-refractivity contribution in [2.24, 2.45) is 5.92 Å². The van der Waals surface area contributed by atoms with E-state index in [1.807, 2.05) is 18.2 Å². The molecule has 1 aromatic rings. The van der Waals surface area contributed by atoms with Gasteiger partial charge in [0.25, 0.3) is 0 Å². The molecule has 0 aliphatic heterocycles. The number of aliphatic hydroxyl groups excluding tert-OH is 1. The normalized spacial score (nSPS) is 25.8. The van der Waals surface area contributed by atoms with Crippen LogP contribution in [0.1, 0.15) is 56.9 Å². The minimum Gasteiger partial charge on any atom is -0.392 e. The van der Waals surface area contributed by atoms with Crippen LogP contribution < -0.4 is 0 Å². The van der Waals surface area contributed by atoms with Crippen LogP contribution in [0.3, 0.4) is 0 Å². The van der Waals surface area contributed by atoms with Crippen LogP contribution >= 0.6 is 0 Å². The van der Waals surface area contributed by atoms with Crippen LogP contribution in [-0.4, -0.2) is 36.2 Å². The fourth-order valence-corrected chi connectivity index (χ4v) is 3.28. The molecule has 1 unspecified atom stereocenters. The molecule has 3 rings (SSSR count). The highest BCUT2D eigenvalue weighted by Crippen LogP contribution is 2.30. The van der Waals surface area contributed by atoms with Gasteiger partial charge in [0, 0.05) is 6.04 Å². The Labute approximate surface area is 136 Å². The zero-order chi connectivity index (χ0) is 15.8. The van der Waals surface area contributed by atoms with E-state index in [9.17, 15) is 5.11 Å². The predicted molar refractivity (Wildman–Crippen MR) is 94.1 cm³/mol. The Morgan fingerprint density at radius 2 is 1.50 bits per heavy atom. The lowest BCUT2D eigenvalue weighted by atomic mass is 9.80. The number of hydrogen-bond acceptors (Lipinski definition) is 2. The minimum absolute atomic E-state index is 0.171. The summed E-state index contributed by atoms with van der Waals surface area (Å²) < 4.78 is 0. The van der Waals surface area contributed by atoms with E-state index in [1.165, 1.54) is 44.1 Å². The Bertz CT molecular complexity index is 387. The Hall–Kier alpha value is -0.860. The van der Waals surface area contributed by atoms with Crippen LogP contribution in [0.5, 0.6) is 0 Å². The van der Waals surface area contributed by atoms with Crippen molar-refractivity contribution in [2.45, 2.75) is 69.9 Å². The van der Waals surface area contributed by atoms with Gasteiger partial charge in [0.2, 0.25) is 0 Å². The summed E-state index contributed by atoms with van der Waals surface area (Å²) in [6.45, 7) is 0.